The third kappa shape index (κ3) is 2.81. The molecule has 2 amide bonds. The molecule has 0 radical (unpaired) electrons. The number of rotatable bonds is 4. The first kappa shape index (κ1) is 17.5. The van der Waals surface area contributed by atoms with E-state index >= 15 is 0 Å². The van der Waals surface area contributed by atoms with Crippen molar-refractivity contribution in [3.8, 4) is 0 Å². The predicted octanol–water partition coefficient (Wildman–Crippen LogP) is 0.722. The fraction of sp³-hybridized carbons (Fsp3) is 0.556. The summed E-state index contributed by atoms with van der Waals surface area (Å²) < 4.78 is 29.1. The van der Waals surface area contributed by atoms with Gasteiger partial charge in [-0.1, -0.05) is 30.3 Å². The lowest BCUT2D eigenvalue weighted by Crippen LogP contribution is -2.48. The van der Waals surface area contributed by atoms with Gasteiger partial charge in [0.05, 0.1) is 24.8 Å². The molecule has 1 spiro atoms. The summed E-state index contributed by atoms with van der Waals surface area (Å²) >= 11 is 0. The first-order chi connectivity index (χ1) is 12.3. The van der Waals surface area contributed by atoms with Crippen LogP contribution in [0.3, 0.4) is 0 Å². The molecule has 0 saturated carbocycles. The highest BCUT2D eigenvalue weighted by atomic mass is 32.2. The molecule has 26 heavy (non-hydrogen) atoms. The average Bonchev–Trinajstić information content (AvgIpc) is 3.22. The highest BCUT2D eigenvalue weighted by Crippen LogP contribution is 2.50. The van der Waals surface area contributed by atoms with Crippen molar-refractivity contribution in [2.45, 2.75) is 37.1 Å². The molecule has 0 bridgehead atoms. The second kappa shape index (κ2) is 6.06. The third-order valence-electron chi connectivity index (χ3n) is 5.61. The van der Waals surface area contributed by atoms with E-state index in [4.69, 9.17) is 4.74 Å². The van der Waals surface area contributed by atoms with E-state index in [9.17, 15) is 18.0 Å². The van der Waals surface area contributed by atoms with E-state index < -0.39 is 15.6 Å². The number of amides is 2. The summed E-state index contributed by atoms with van der Waals surface area (Å²) in [4.78, 5) is 28.5. The third-order valence-corrected chi connectivity index (χ3v) is 6.55. The summed E-state index contributed by atoms with van der Waals surface area (Å²) in [5.74, 6) is -0.402. The smallest absolute Gasteiger partial charge is 0.227 e. The minimum Gasteiger partial charge on any atom is -0.343 e. The standard InChI is InChI=1S/C18H22N2O5S/c1-26(23,24)10-7-16(21)19-9-8-18-15(19)11-17(22)20(18)12-14(25-18)13-5-3-2-4-6-13/h2-6,14-15H,7-12H2,1H3/t14-,15+,18-/m0/s1. The highest BCUT2D eigenvalue weighted by molar-refractivity contribution is 7.90. The molecule has 140 valence electrons. The van der Waals surface area contributed by atoms with Crippen molar-refractivity contribution in [1.29, 1.82) is 0 Å². The lowest BCUT2D eigenvalue weighted by molar-refractivity contribution is -0.142. The number of likely N-dealkylation sites (tertiary alicyclic amines) is 1. The fourth-order valence-corrected chi connectivity index (χ4v) is 4.93. The van der Waals surface area contributed by atoms with E-state index in [0.717, 1.165) is 11.8 Å². The molecular formula is C18H22N2O5S. The number of nitrogens with zero attached hydrogens (tertiary/aromatic N) is 2. The van der Waals surface area contributed by atoms with Gasteiger partial charge in [-0.05, 0) is 5.56 Å². The number of hydrogen-bond donors (Lipinski definition) is 0. The van der Waals surface area contributed by atoms with E-state index in [0.29, 0.717) is 19.5 Å². The van der Waals surface area contributed by atoms with Gasteiger partial charge < -0.3 is 14.5 Å². The van der Waals surface area contributed by atoms with E-state index in [1.54, 1.807) is 9.80 Å². The van der Waals surface area contributed by atoms with Crippen LogP contribution in [-0.4, -0.2) is 66.9 Å². The van der Waals surface area contributed by atoms with Crippen molar-refractivity contribution in [3.05, 3.63) is 35.9 Å². The molecule has 0 aromatic heterocycles. The number of carbonyl (C=O) groups excluding carboxylic acids is 2. The van der Waals surface area contributed by atoms with Crippen molar-refractivity contribution in [3.63, 3.8) is 0 Å². The number of ether oxygens (including phenoxy) is 1. The zero-order valence-electron chi connectivity index (χ0n) is 14.6. The van der Waals surface area contributed by atoms with Gasteiger partial charge in [-0.15, -0.1) is 0 Å². The van der Waals surface area contributed by atoms with Crippen LogP contribution in [0, 0.1) is 0 Å². The second-order valence-corrected chi connectivity index (χ2v) is 9.56. The molecular weight excluding hydrogens is 356 g/mol. The molecule has 1 aromatic rings. The van der Waals surface area contributed by atoms with Crippen LogP contribution >= 0.6 is 0 Å². The Balaban J connectivity index is 1.54. The molecule has 8 heteroatoms. The highest BCUT2D eigenvalue weighted by Gasteiger charge is 2.64. The molecule has 1 aromatic carbocycles. The molecule has 0 N–H and O–H groups in total. The van der Waals surface area contributed by atoms with E-state index in [1.807, 2.05) is 30.3 Å². The summed E-state index contributed by atoms with van der Waals surface area (Å²) in [6, 6.07) is 9.43. The van der Waals surface area contributed by atoms with E-state index in [2.05, 4.69) is 0 Å². The molecule has 7 nitrogen and oxygen atoms in total. The Labute approximate surface area is 152 Å². The number of benzene rings is 1. The SMILES string of the molecule is CS(=O)(=O)CCC(=O)N1CC[C@@]23O[C@H](c4ccccc4)CN2C(=O)C[C@@H]13. The largest absolute Gasteiger partial charge is 0.343 e. The van der Waals surface area contributed by atoms with Gasteiger partial charge in [-0.2, -0.15) is 0 Å². The van der Waals surface area contributed by atoms with Gasteiger partial charge in [-0.25, -0.2) is 8.42 Å². The second-order valence-electron chi connectivity index (χ2n) is 7.30. The van der Waals surface area contributed by atoms with Gasteiger partial charge in [0.1, 0.15) is 15.9 Å². The van der Waals surface area contributed by atoms with Crippen molar-refractivity contribution in [2.24, 2.45) is 0 Å². The molecule has 0 unspecified atom stereocenters. The summed E-state index contributed by atoms with van der Waals surface area (Å²) in [7, 11) is -3.20. The Hall–Kier alpha value is -1.93. The Morgan fingerprint density at radius 2 is 2.04 bits per heavy atom. The molecule has 3 fully saturated rings. The predicted molar refractivity (Wildman–Crippen MR) is 93.8 cm³/mol. The zero-order valence-corrected chi connectivity index (χ0v) is 15.4. The van der Waals surface area contributed by atoms with Crippen LogP contribution in [0.5, 0.6) is 0 Å². The minimum atomic E-state index is -3.20. The lowest BCUT2D eigenvalue weighted by Gasteiger charge is -2.32. The molecule has 3 atom stereocenters. The minimum absolute atomic E-state index is 0.00551. The summed E-state index contributed by atoms with van der Waals surface area (Å²) in [6.45, 7) is 0.975. The number of carbonyl (C=O) groups is 2. The number of hydrogen-bond acceptors (Lipinski definition) is 5. The summed E-state index contributed by atoms with van der Waals surface area (Å²) in [5.41, 5.74) is 0.253. The Morgan fingerprint density at radius 1 is 1.31 bits per heavy atom. The Bertz CT molecular complexity index is 840. The number of sulfone groups is 1. The van der Waals surface area contributed by atoms with Gasteiger partial charge in [0, 0.05) is 25.6 Å². The van der Waals surface area contributed by atoms with Crippen molar-refractivity contribution < 1.29 is 22.7 Å². The van der Waals surface area contributed by atoms with Gasteiger partial charge in [0.15, 0.2) is 5.72 Å². The summed E-state index contributed by atoms with van der Waals surface area (Å²) in [6.07, 6.45) is 1.68. The molecule has 3 aliphatic rings. The van der Waals surface area contributed by atoms with Crippen LogP contribution in [0.15, 0.2) is 30.3 Å². The topological polar surface area (TPSA) is 84.0 Å². The van der Waals surface area contributed by atoms with Crippen LogP contribution in [0.4, 0.5) is 0 Å². The maximum Gasteiger partial charge on any atom is 0.227 e. The van der Waals surface area contributed by atoms with Crippen molar-refractivity contribution in [1.82, 2.24) is 9.80 Å². The van der Waals surface area contributed by atoms with Crippen LogP contribution in [-0.2, 0) is 24.2 Å². The first-order valence-corrected chi connectivity index (χ1v) is 10.9. The molecule has 4 rings (SSSR count). The van der Waals surface area contributed by atoms with Gasteiger partial charge >= 0.3 is 0 Å². The van der Waals surface area contributed by atoms with Crippen molar-refractivity contribution >= 4 is 21.7 Å². The molecule has 3 saturated heterocycles. The Kier molecular flexibility index (Phi) is 4.07. The first-order valence-electron chi connectivity index (χ1n) is 8.80. The van der Waals surface area contributed by atoms with E-state index in [1.165, 1.54) is 0 Å². The van der Waals surface area contributed by atoms with Crippen molar-refractivity contribution in [2.75, 3.05) is 25.1 Å². The summed E-state index contributed by atoms with van der Waals surface area (Å²) in [5, 5.41) is 0. The van der Waals surface area contributed by atoms with Crippen LogP contribution in [0.25, 0.3) is 0 Å². The maximum absolute atomic E-state index is 12.6. The molecule has 3 heterocycles. The van der Waals surface area contributed by atoms with E-state index in [-0.39, 0.29) is 42.6 Å². The quantitative estimate of drug-likeness (QED) is 0.771. The van der Waals surface area contributed by atoms with Crippen LogP contribution in [0.1, 0.15) is 30.9 Å². The molecule has 0 aliphatic carbocycles. The molecule has 3 aliphatic heterocycles. The van der Waals surface area contributed by atoms with Gasteiger partial charge in [-0.3, -0.25) is 9.59 Å². The maximum atomic E-state index is 12.6. The monoisotopic (exact) mass is 378 g/mol. The zero-order chi connectivity index (χ0) is 18.5. The average molecular weight is 378 g/mol. The van der Waals surface area contributed by atoms with Crippen LogP contribution in [0.2, 0.25) is 0 Å². The normalized spacial score (nSPS) is 30.6. The fourth-order valence-electron chi connectivity index (χ4n) is 4.38. The Morgan fingerprint density at radius 3 is 2.73 bits per heavy atom. The lowest BCUT2D eigenvalue weighted by atomic mass is 10.1. The van der Waals surface area contributed by atoms with Crippen LogP contribution < -0.4 is 0 Å². The van der Waals surface area contributed by atoms with Gasteiger partial charge in [0.2, 0.25) is 11.8 Å². The van der Waals surface area contributed by atoms with Gasteiger partial charge in [0.25, 0.3) is 0 Å².